The van der Waals surface area contributed by atoms with Crippen LogP contribution in [-0.2, 0) is 47.7 Å². The van der Waals surface area contributed by atoms with Crippen molar-refractivity contribution in [1.82, 2.24) is 0 Å². The zero-order valence-corrected chi connectivity index (χ0v) is 74.0. The fourth-order valence-electron chi connectivity index (χ4n) is 17.7. The lowest BCUT2D eigenvalue weighted by Gasteiger charge is -2.42. The minimum atomic E-state index is -1.49. The molecule has 3 N–H and O–H groups in total. The highest BCUT2D eigenvalue weighted by molar-refractivity contribution is 6.59. The summed E-state index contributed by atoms with van der Waals surface area (Å²) in [6.45, 7) is 8.17. The van der Waals surface area contributed by atoms with Crippen molar-refractivity contribution in [2.45, 2.75) is 456 Å². The summed E-state index contributed by atoms with van der Waals surface area (Å²) >= 11 is 0. The van der Waals surface area contributed by atoms with Crippen LogP contribution in [0.1, 0.15) is 450 Å². The Kier molecular flexibility index (Phi) is 49.6. The van der Waals surface area contributed by atoms with Crippen LogP contribution in [0, 0.1) is 0 Å². The van der Waals surface area contributed by atoms with Crippen molar-refractivity contribution < 1.29 is 47.7 Å². The molecule has 650 valence electrons. The maximum absolute atomic E-state index is 15.5. The quantitative estimate of drug-likeness (QED) is 0.0164. The van der Waals surface area contributed by atoms with Crippen LogP contribution < -0.4 is 26.5 Å². The van der Waals surface area contributed by atoms with Gasteiger partial charge in [-0.2, -0.15) is 0 Å². The van der Waals surface area contributed by atoms with E-state index in [2.05, 4.69) is 43.6 Å². The van der Waals surface area contributed by atoms with E-state index in [-0.39, 0.29) is 81.6 Å². The molecule has 14 nitrogen and oxygen atoms in total. The first kappa shape index (κ1) is 96.8. The van der Waals surface area contributed by atoms with Gasteiger partial charge in [0.25, 0.3) is 0 Å². The van der Waals surface area contributed by atoms with E-state index in [1.54, 1.807) is 6.07 Å². The number of anilines is 3. The Morgan fingerprint density at radius 3 is 0.905 bits per heavy atom. The van der Waals surface area contributed by atoms with E-state index in [1.807, 2.05) is 54.6 Å². The first-order valence-electron chi connectivity index (χ1n) is 48.7. The Morgan fingerprint density at radius 2 is 0.586 bits per heavy atom. The number of hydrogen-bond acceptors (Lipinski definition) is 14. The Labute approximate surface area is 703 Å². The summed E-state index contributed by atoms with van der Waals surface area (Å²) in [5, 5.41) is 14.7. The summed E-state index contributed by atoms with van der Waals surface area (Å²) in [5.74, 6) is -3.42. The molecule has 7 rings (SSSR count). The standard InChI is InChI=1S/C102H162N4O10/c1-5-9-13-17-21-25-29-33-37-41-45-49-53-57-61-71-89(107)113-79-101(80-114-90(108)72-62-58-54-50-46-42-38-34-30-26-22-18-14-10-6-2)103-87-69-65-67-83-75-77-85(97(105-101)93(83)87)95-99(111)96(100(95)112)86-78-76-84-68-66-70-88-94(84)98(86)106-102(104-88,81-115-91(109)73-63-59-55-51-47-43-39-35-31-27-23-19-15-11-7-3)82-116-92(110)74-64-60-56-52-48-44-40-36-32-28-24-20-16-12-8-4/h65-70,75-78,95,103-105H,5-64,71-74,79-82H2,1-4H3. The van der Waals surface area contributed by atoms with Gasteiger partial charge in [-0.1, -0.05) is 436 Å². The van der Waals surface area contributed by atoms with E-state index in [1.165, 1.54) is 283 Å². The summed E-state index contributed by atoms with van der Waals surface area (Å²) in [7, 11) is 0. The molecular formula is C102H162N4O10. The molecule has 1 saturated carbocycles. The van der Waals surface area contributed by atoms with E-state index < -0.39 is 28.8 Å². The number of hydrogen-bond donors (Lipinski definition) is 3. The van der Waals surface area contributed by atoms with E-state index in [0.717, 1.165) is 93.2 Å². The molecule has 0 atom stereocenters. The molecule has 0 spiro atoms. The first-order chi connectivity index (χ1) is 57.0. The highest BCUT2D eigenvalue weighted by Gasteiger charge is 2.49. The molecule has 4 aromatic rings. The molecule has 3 aliphatic rings. The number of carbonyl (C=O) groups excluding carboxylic acids is 6. The molecule has 1 fully saturated rings. The van der Waals surface area contributed by atoms with Crippen molar-refractivity contribution in [2.24, 2.45) is 4.99 Å². The SMILES string of the molecule is CCCCCCCCCCCCCCCCCC(=O)OCC1(COC(=O)CCCCCCCCCCCCCCCCC)N=c2c(=C3C(=O)C(c4ccc5cccc6c5c4NC(COC(=O)CCCCCCCCCCCCCCCCC)(COC(=O)CCCCCCCCCCCCCCCCC)N6)C3=O)ccc3cccc(c23)N1. The van der Waals surface area contributed by atoms with Crippen LogP contribution >= 0.6 is 0 Å². The fraction of sp³-hybridized carbons (Fsp3) is 0.735. The molecule has 0 amide bonds. The Bertz CT molecular complexity index is 3450. The van der Waals surface area contributed by atoms with Crippen LogP contribution in [0.4, 0.5) is 17.1 Å². The van der Waals surface area contributed by atoms with Gasteiger partial charge < -0.3 is 34.9 Å². The van der Waals surface area contributed by atoms with Gasteiger partial charge in [-0.25, -0.2) is 4.99 Å². The van der Waals surface area contributed by atoms with Gasteiger partial charge in [-0.15, -0.1) is 0 Å². The number of Topliss-reactive ketones (excluding diaryl/α,β-unsaturated/α-hetero) is 2. The van der Waals surface area contributed by atoms with E-state index in [0.29, 0.717) is 64.3 Å². The third-order valence-corrected chi connectivity index (χ3v) is 25.0. The molecule has 14 heteroatoms. The number of unbranched alkanes of at least 4 members (excludes halogenated alkanes) is 56. The summed E-state index contributed by atoms with van der Waals surface area (Å²) in [5.41, 5.74) is -0.565. The number of ether oxygens (including phenoxy) is 4. The lowest BCUT2D eigenvalue weighted by Crippen LogP contribution is -2.57. The van der Waals surface area contributed by atoms with E-state index in [9.17, 15) is 19.2 Å². The Balaban J connectivity index is 1.04. The number of ketones is 2. The van der Waals surface area contributed by atoms with Crippen molar-refractivity contribution in [1.29, 1.82) is 0 Å². The summed E-state index contributed by atoms with van der Waals surface area (Å²) < 4.78 is 24.7. The molecule has 0 unspecified atom stereocenters. The minimum Gasteiger partial charge on any atom is -0.461 e. The predicted molar refractivity (Wildman–Crippen MR) is 483 cm³/mol. The smallest absolute Gasteiger partial charge is 0.305 e. The van der Waals surface area contributed by atoms with Crippen molar-refractivity contribution in [3.8, 4) is 0 Å². The van der Waals surface area contributed by atoms with Crippen LogP contribution in [0.15, 0.2) is 65.7 Å². The normalized spacial score (nSPS) is 14.4. The molecule has 2 aliphatic heterocycles. The van der Waals surface area contributed by atoms with Crippen molar-refractivity contribution >= 4 is 79.6 Å². The molecule has 0 saturated heterocycles. The number of nitrogens with zero attached hydrogens (tertiary/aromatic N) is 1. The van der Waals surface area contributed by atoms with Gasteiger partial charge in [0.2, 0.25) is 0 Å². The molecular weight excluding hydrogens is 1440 g/mol. The van der Waals surface area contributed by atoms with E-state index >= 15 is 9.59 Å². The third kappa shape index (κ3) is 36.3. The summed E-state index contributed by atoms with van der Waals surface area (Å²) in [4.78, 5) is 91.6. The first-order valence-corrected chi connectivity index (χ1v) is 48.7. The van der Waals surface area contributed by atoms with Crippen LogP contribution in [0.5, 0.6) is 0 Å². The number of esters is 4. The Hall–Kier alpha value is -6.31. The van der Waals surface area contributed by atoms with Crippen LogP contribution in [0.25, 0.3) is 27.1 Å². The predicted octanol–water partition coefficient (Wildman–Crippen LogP) is 27.6. The van der Waals surface area contributed by atoms with Crippen LogP contribution in [0.2, 0.25) is 0 Å². The second-order valence-electron chi connectivity index (χ2n) is 35.4. The number of benzene rings is 4. The maximum Gasteiger partial charge on any atom is 0.305 e. The highest BCUT2D eigenvalue weighted by atomic mass is 16.6. The second-order valence-corrected chi connectivity index (χ2v) is 35.4. The maximum atomic E-state index is 15.5. The largest absolute Gasteiger partial charge is 0.461 e. The number of nitrogens with one attached hydrogen (secondary N) is 3. The monoisotopic (exact) mass is 1600 g/mol. The topological polar surface area (TPSA) is 188 Å². The van der Waals surface area contributed by atoms with Gasteiger partial charge in [0, 0.05) is 53.0 Å². The lowest BCUT2D eigenvalue weighted by atomic mass is 9.70. The van der Waals surface area contributed by atoms with Crippen LogP contribution in [0.3, 0.4) is 0 Å². The van der Waals surface area contributed by atoms with Gasteiger partial charge in [-0.3, -0.25) is 28.8 Å². The van der Waals surface area contributed by atoms with Gasteiger partial charge in [0.1, 0.15) is 32.3 Å². The highest BCUT2D eigenvalue weighted by Crippen LogP contribution is 2.47. The van der Waals surface area contributed by atoms with Crippen LogP contribution in [-0.4, -0.2) is 73.2 Å². The average Bonchev–Trinajstić information content (AvgIpc) is 0.711. The average molecular weight is 1600 g/mol. The number of rotatable bonds is 73. The minimum absolute atomic E-state index is 0.00202. The lowest BCUT2D eigenvalue weighted by molar-refractivity contribution is -0.151. The van der Waals surface area contributed by atoms with Crippen molar-refractivity contribution in [2.75, 3.05) is 42.4 Å². The zero-order chi connectivity index (χ0) is 82.2. The van der Waals surface area contributed by atoms with Gasteiger partial charge >= 0.3 is 23.9 Å². The molecule has 4 aromatic carbocycles. The molecule has 0 bridgehead atoms. The van der Waals surface area contributed by atoms with Crippen molar-refractivity contribution in [3.63, 3.8) is 0 Å². The van der Waals surface area contributed by atoms with Gasteiger partial charge in [-0.05, 0) is 54.2 Å². The molecule has 2 heterocycles. The molecule has 1 aliphatic carbocycles. The molecule has 0 radical (unpaired) electrons. The van der Waals surface area contributed by atoms with Crippen molar-refractivity contribution in [3.05, 3.63) is 76.8 Å². The number of carbonyl (C=O) groups is 6. The Morgan fingerprint density at radius 1 is 0.310 bits per heavy atom. The van der Waals surface area contributed by atoms with Gasteiger partial charge in [0.05, 0.1) is 16.6 Å². The van der Waals surface area contributed by atoms with Gasteiger partial charge in [0.15, 0.2) is 22.9 Å². The third-order valence-electron chi connectivity index (χ3n) is 25.0. The molecule has 0 aromatic heterocycles. The van der Waals surface area contributed by atoms with E-state index in [4.69, 9.17) is 23.9 Å². The molecule has 116 heavy (non-hydrogen) atoms. The second kappa shape index (κ2) is 59.4. The summed E-state index contributed by atoms with van der Waals surface area (Å²) in [6.07, 6.45) is 74.4. The zero-order valence-electron chi connectivity index (χ0n) is 74.0. The summed E-state index contributed by atoms with van der Waals surface area (Å²) in [6, 6.07) is 19.1. The fourth-order valence-corrected chi connectivity index (χ4v) is 17.7.